The molecule has 0 spiro atoms. The predicted molar refractivity (Wildman–Crippen MR) is 144 cm³/mol. The third-order valence-electron chi connectivity index (χ3n) is 5.64. The summed E-state index contributed by atoms with van der Waals surface area (Å²) in [6, 6.07) is 22.1. The van der Waals surface area contributed by atoms with E-state index in [0.29, 0.717) is 30.1 Å². The minimum atomic E-state index is -3.41. The molecule has 3 aromatic rings. The molecular formula is C27H34N4O4S. The number of sulfonamides is 1. The van der Waals surface area contributed by atoms with Gasteiger partial charge in [0.1, 0.15) is 12.4 Å². The van der Waals surface area contributed by atoms with Crippen molar-refractivity contribution in [1.82, 2.24) is 4.72 Å². The van der Waals surface area contributed by atoms with Crippen molar-refractivity contribution in [2.24, 2.45) is 5.73 Å². The van der Waals surface area contributed by atoms with Crippen LogP contribution in [0.15, 0.2) is 72.8 Å². The van der Waals surface area contributed by atoms with Gasteiger partial charge in [-0.25, -0.2) is 13.1 Å². The number of hydrogen-bond acceptors (Lipinski definition) is 6. The Hall–Kier alpha value is -3.56. The van der Waals surface area contributed by atoms with E-state index in [2.05, 4.69) is 10.0 Å². The third-order valence-corrected chi connectivity index (χ3v) is 7.07. The van der Waals surface area contributed by atoms with Gasteiger partial charge in [-0.05, 0) is 53.9 Å². The molecule has 3 aromatic carbocycles. The maximum absolute atomic E-state index is 12.5. The Kier molecular flexibility index (Phi) is 9.72. The average molecular weight is 511 g/mol. The second-order valence-corrected chi connectivity index (χ2v) is 10.3. The van der Waals surface area contributed by atoms with Crippen LogP contribution in [-0.2, 0) is 16.6 Å². The van der Waals surface area contributed by atoms with Gasteiger partial charge in [0.25, 0.3) is 0 Å². The molecule has 3 rings (SSSR count). The molecule has 0 aromatic heterocycles. The third kappa shape index (κ3) is 8.00. The first-order chi connectivity index (χ1) is 17.3. The number of hydrogen-bond donors (Lipinski definition) is 4. The van der Waals surface area contributed by atoms with Gasteiger partial charge in [0, 0.05) is 17.8 Å². The molecule has 9 heteroatoms. The van der Waals surface area contributed by atoms with E-state index in [1.54, 1.807) is 19.2 Å². The minimum Gasteiger partial charge on any atom is -0.493 e. The van der Waals surface area contributed by atoms with Crippen molar-refractivity contribution >= 4 is 21.5 Å². The van der Waals surface area contributed by atoms with Crippen molar-refractivity contribution in [2.45, 2.75) is 32.4 Å². The molecule has 36 heavy (non-hydrogen) atoms. The predicted octanol–water partition coefficient (Wildman–Crippen LogP) is 4.43. The van der Waals surface area contributed by atoms with Crippen LogP contribution in [0.1, 0.15) is 42.5 Å². The molecule has 0 saturated carbocycles. The second kappa shape index (κ2) is 12.9. The van der Waals surface area contributed by atoms with Crippen LogP contribution in [0.25, 0.3) is 0 Å². The van der Waals surface area contributed by atoms with Crippen molar-refractivity contribution < 1.29 is 17.9 Å². The Morgan fingerprint density at radius 2 is 1.75 bits per heavy atom. The Labute approximate surface area is 213 Å². The lowest BCUT2D eigenvalue weighted by atomic mass is 10.1. The molecule has 0 aliphatic rings. The average Bonchev–Trinajstić information content (AvgIpc) is 2.89. The zero-order valence-corrected chi connectivity index (χ0v) is 21.5. The van der Waals surface area contributed by atoms with Crippen LogP contribution in [0.2, 0.25) is 0 Å². The molecule has 5 N–H and O–H groups in total. The summed E-state index contributed by atoms with van der Waals surface area (Å²) in [6.07, 6.45) is 1.40. The summed E-state index contributed by atoms with van der Waals surface area (Å²) < 4.78 is 39.2. The van der Waals surface area contributed by atoms with Crippen LogP contribution in [0.3, 0.4) is 0 Å². The SMILES string of the molecule is CCCCS(=O)(=O)NCC(Nc1ccc(C(=N)N)cc1)c1ccc(OCc2ccccc2)c(OC)c1. The van der Waals surface area contributed by atoms with Gasteiger partial charge in [-0.15, -0.1) is 0 Å². The van der Waals surface area contributed by atoms with Gasteiger partial charge in [-0.1, -0.05) is 49.7 Å². The molecule has 192 valence electrons. The minimum absolute atomic E-state index is 0.0161. The maximum atomic E-state index is 12.5. The Balaban J connectivity index is 1.82. The molecule has 1 unspecified atom stereocenters. The molecule has 0 saturated heterocycles. The van der Waals surface area contributed by atoms with Gasteiger partial charge in [-0.2, -0.15) is 0 Å². The zero-order valence-electron chi connectivity index (χ0n) is 20.7. The first-order valence-corrected chi connectivity index (χ1v) is 13.5. The number of amidine groups is 1. The standard InChI is InChI=1S/C27H34N4O4S/c1-3-4-16-36(32,33)30-18-24(31-23-13-10-21(11-14-23)27(28)29)22-12-15-25(26(17-22)34-2)35-19-20-8-6-5-7-9-20/h5-15,17,24,30-31H,3-4,16,18-19H2,1-2H3,(H3,28,29). The van der Waals surface area contributed by atoms with Crippen molar-refractivity contribution in [1.29, 1.82) is 5.41 Å². The molecule has 0 radical (unpaired) electrons. The van der Waals surface area contributed by atoms with Crippen LogP contribution < -0.4 is 25.2 Å². The summed E-state index contributed by atoms with van der Waals surface area (Å²) in [5.74, 6) is 1.21. The first kappa shape index (κ1) is 27.0. The fourth-order valence-electron chi connectivity index (χ4n) is 3.57. The molecule has 0 bridgehead atoms. The van der Waals surface area contributed by atoms with Gasteiger partial charge in [0.2, 0.25) is 10.0 Å². The fourth-order valence-corrected chi connectivity index (χ4v) is 4.81. The van der Waals surface area contributed by atoms with E-state index in [9.17, 15) is 8.42 Å². The van der Waals surface area contributed by atoms with E-state index in [-0.39, 0.29) is 24.2 Å². The molecule has 0 aliphatic carbocycles. The highest BCUT2D eigenvalue weighted by molar-refractivity contribution is 7.89. The lowest BCUT2D eigenvalue weighted by Gasteiger charge is -2.22. The van der Waals surface area contributed by atoms with Crippen LogP contribution >= 0.6 is 0 Å². The highest BCUT2D eigenvalue weighted by atomic mass is 32.2. The quantitative estimate of drug-likeness (QED) is 0.188. The van der Waals surface area contributed by atoms with Gasteiger partial charge in [-0.3, -0.25) is 5.41 Å². The Morgan fingerprint density at radius 1 is 1.03 bits per heavy atom. The summed E-state index contributed by atoms with van der Waals surface area (Å²) in [5.41, 5.74) is 8.80. The lowest BCUT2D eigenvalue weighted by molar-refractivity contribution is 0.284. The number of nitrogens with two attached hydrogens (primary N) is 1. The van der Waals surface area contributed by atoms with Gasteiger partial charge in [0.05, 0.1) is 18.9 Å². The number of rotatable bonds is 14. The number of nitrogens with one attached hydrogen (secondary N) is 3. The number of anilines is 1. The van der Waals surface area contributed by atoms with Crippen LogP contribution in [0.4, 0.5) is 5.69 Å². The highest BCUT2D eigenvalue weighted by Crippen LogP contribution is 2.32. The van der Waals surface area contributed by atoms with Crippen molar-refractivity contribution in [3.63, 3.8) is 0 Å². The number of benzene rings is 3. The summed E-state index contributed by atoms with van der Waals surface area (Å²) >= 11 is 0. The fraction of sp³-hybridized carbons (Fsp3) is 0.296. The molecule has 8 nitrogen and oxygen atoms in total. The summed E-state index contributed by atoms with van der Waals surface area (Å²) in [5, 5.41) is 11.0. The molecule has 0 fully saturated rings. The molecule has 1 atom stereocenters. The number of nitrogen functional groups attached to an aromatic ring is 1. The maximum Gasteiger partial charge on any atom is 0.211 e. The number of ether oxygens (including phenoxy) is 2. The monoisotopic (exact) mass is 510 g/mol. The van der Waals surface area contributed by atoms with Crippen LogP contribution in [-0.4, -0.2) is 33.7 Å². The number of methoxy groups -OCH3 is 1. The van der Waals surface area contributed by atoms with Crippen LogP contribution in [0.5, 0.6) is 11.5 Å². The highest BCUT2D eigenvalue weighted by Gasteiger charge is 2.18. The molecule has 0 heterocycles. The van der Waals surface area contributed by atoms with Crippen molar-refractivity contribution in [2.75, 3.05) is 24.7 Å². The Morgan fingerprint density at radius 3 is 2.39 bits per heavy atom. The molecule has 0 aliphatic heterocycles. The smallest absolute Gasteiger partial charge is 0.211 e. The molecular weight excluding hydrogens is 476 g/mol. The summed E-state index contributed by atoms with van der Waals surface area (Å²) in [6.45, 7) is 2.50. The normalized spacial score (nSPS) is 12.1. The number of unbranched alkanes of at least 4 members (excludes halogenated alkanes) is 1. The molecule has 0 amide bonds. The largest absolute Gasteiger partial charge is 0.493 e. The van der Waals surface area contributed by atoms with E-state index < -0.39 is 10.0 Å². The van der Waals surface area contributed by atoms with Crippen molar-refractivity contribution in [3.8, 4) is 11.5 Å². The van der Waals surface area contributed by atoms with E-state index in [4.69, 9.17) is 20.6 Å². The lowest BCUT2D eigenvalue weighted by Crippen LogP contribution is -2.33. The van der Waals surface area contributed by atoms with Crippen LogP contribution in [0, 0.1) is 5.41 Å². The van der Waals surface area contributed by atoms with Gasteiger partial charge in [0.15, 0.2) is 11.5 Å². The van der Waals surface area contributed by atoms with Gasteiger partial charge < -0.3 is 20.5 Å². The van der Waals surface area contributed by atoms with Crippen molar-refractivity contribution in [3.05, 3.63) is 89.5 Å². The topological polar surface area (TPSA) is 127 Å². The van der Waals surface area contributed by atoms with E-state index in [1.165, 1.54) is 0 Å². The zero-order chi connectivity index (χ0) is 26.0. The second-order valence-electron chi connectivity index (χ2n) is 8.39. The van der Waals surface area contributed by atoms with E-state index in [1.807, 2.05) is 67.6 Å². The summed E-state index contributed by atoms with van der Waals surface area (Å²) in [4.78, 5) is 0. The van der Waals surface area contributed by atoms with E-state index >= 15 is 0 Å². The van der Waals surface area contributed by atoms with Gasteiger partial charge >= 0.3 is 0 Å². The Bertz CT molecular complexity index is 1230. The van der Waals surface area contributed by atoms with E-state index in [0.717, 1.165) is 23.2 Å². The summed E-state index contributed by atoms with van der Waals surface area (Å²) in [7, 11) is -1.84. The first-order valence-electron chi connectivity index (χ1n) is 11.8.